The summed E-state index contributed by atoms with van der Waals surface area (Å²) in [7, 11) is 3.28. The smallest absolute Gasteiger partial charge is 0.330 e. The molecule has 44 heavy (non-hydrogen) atoms. The van der Waals surface area contributed by atoms with E-state index in [0.29, 0.717) is 41.4 Å². The molecule has 0 saturated heterocycles. The third kappa shape index (κ3) is 6.39. The van der Waals surface area contributed by atoms with E-state index >= 15 is 0 Å². The molecular weight excluding hydrogens is 564 g/mol. The Morgan fingerprint density at radius 1 is 1.23 bits per heavy atom. The third-order valence-electron chi connectivity index (χ3n) is 8.50. The van der Waals surface area contributed by atoms with Crippen molar-refractivity contribution in [3.63, 3.8) is 0 Å². The van der Waals surface area contributed by atoms with Crippen molar-refractivity contribution in [2.45, 2.75) is 70.1 Å². The zero-order valence-corrected chi connectivity index (χ0v) is 25.6. The van der Waals surface area contributed by atoms with Gasteiger partial charge >= 0.3 is 12.0 Å². The van der Waals surface area contributed by atoms with Crippen LogP contribution in [0.3, 0.4) is 0 Å². The van der Waals surface area contributed by atoms with Gasteiger partial charge in [0.05, 0.1) is 31.1 Å². The number of urea groups is 1. The van der Waals surface area contributed by atoms with Gasteiger partial charge in [-0.3, -0.25) is 14.8 Å². The van der Waals surface area contributed by atoms with E-state index in [-0.39, 0.29) is 25.1 Å². The van der Waals surface area contributed by atoms with Crippen LogP contribution in [0.25, 0.3) is 10.9 Å². The molecule has 1 aromatic carbocycles. The van der Waals surface area contributed by atoms with E-state index in [1.807, 2.05) is 38.1 Å². The number of hydrogen-bond acceptors (Lipinski definition) is 8. The van der Waals surface area contributed by atoms with Crippen molar-refractivity contribution < 1.29 is 29.0 Å². The minimum atomic E-state index is -1.37. The number of amides is 3. The van der Waals surface area contributed by atoms with E-state index in [2.05, 4.69) is 20.6 Å². The highest BCUT2D eigenvalue weighted by atomic mass is 16.5. The number of aliphatic imine (C=N–C) groups is 2. The number of hydrogen-bond donors (Lipinski definition) is 3. The van der Waals surface area contributed by atoms with Crippen molar-refractivity contribution in [2.75, 3.05) is 27.3 Å². The van der Waals surface area contributed by atoms with E-state index in [0.717, 1.165) is 36.6 Å². The molecular formula is C32H40N6O6. The number of fused-ring (bicyclic) bond motifs is 2. The molecule has 0 radical (unpaired) electrons. The lowest BCUT2D eigenvalue weighted by atomic mass is 10.1. The number of allylic oxidation sites excluding steroid dienone is 1. The number of carboxylic acids is 1. The molecule has 3 N–H and O–H groups in total. The van der Waals surface area contributed by atoms with Crippen LogP contribution >= 0.6 is 0 Å². The highest BCUT2D eigenvalue weighted by Gasteiger charge is 2.60. The molecule has 1 saturated carbocycles. The number of methoxy groups -OCH3 is 1. The lowest BCUT2D eigenvalue weighted by molar-refractivity contribution is -0.143. The summed E-state index contributed by atoms with van der Waals surface area (Å²) in [5.74, 6) is -0.723. The molecule has 4 atom stereocenters. The van der Waals surface area contributed by atoms with Gasteiger partial charge in [-0.1, -0.05) is 19.1 Å². The van der Waals surface area contributed by atoms with E-state index in [9.17, 15) is 19.5 Å². The summed E-state index contributed by atoms with van der Waals surface area (Å²) in [5, 5.41) is 16.3. The second kappa shape index (κ2) is 13.0. The number of rotatable bonds is 8. The van der Waals surface area contributed by atoms with Gasteiger partial charge in [0.25, 0.3) is 0 Å². The van der Waals surface area contributed by atoms with Crippen molar-refractivity contribution >= 4 is 40.7 Å². The Hall–Kier alpha value is -4.48. The predicted octanol–water partition coefficient (Wildman–Crippen LogP) is 3.64. The van der Waals surface area contributed by atoms with E-state index < -0.39 is 29.5 Å². The summed E-state index contributed by atoms with van der Waals surface area (Å²) in [4.78, 5) is 54.2. The number of aryl methyl sites for hydroxylation is 1. The summed E-state index contributed by atoms with van der Waals surface area (Å²) in [5.41, 5.74) is 1.41. The average Bonchev–Trinajstić information content (AvgIpc) is 3.49. The van der Waals surface area contributed by atoms with Crippen LogP contribution in [0.1, 0.15) is 56.7 Å². The largest absolute Gasteiger partial charge is 0.496 e. The number of nitrogens with zero attached hydrogens (tertiary/aromatic N) is 4. The lowest BCUT2D eigenvalue weighted by Crippen LogP contribution is -2.55. The Bertz CT molecular complexity index is 1540. The number of nitrogens with one attached hydrogen (secondary N) is 2. The van der Waals surface area contributed by atoms with Crippen LogP contribution in [0.5, 0.6) is 11.5 Å². The quantitative estimate of drug-likeness (QED) is 0.389. The van der Waals surface area contributed by atoms with Crippen LogP contribution in [0.15, 0.2) is 40.3 Å². The topological polar surface area (TPSA) is 155 Å². The Morgan fingerprint density at radius 3 is 2.77 bits per heavy atom. The fourth-order valence-electron chi connectivity index (χ4n) is 5.62. The maximum atomic E-state index is 13.5. The second-order valence-corrected chi connectivity index (χ2v) is 11.5. The van der Waals surface area contributed by atoms with Crippen molar-refractivity contribution in [1.29, 1.82) is 0 Å². The van der Waals surface area contributed by atoms with Crippen molar-refractivity contribution in [3.05, 3.63) is 41.6 Å². The predicted molar refractivity (Wildman–Crippen MR) is 167 cm³/mol. The first-order chi connectivity index (χ1) is 21.2. The number of pyridine rings is 1. The summed E-state index contributed by atoms with van der Waals surface area (Å²) in [6, 6.07) is 4.10. The van der Waals surface area contributed by atoms with E-state index in [4.69, 9.17) is 14.5 Å². The molecule has 2 aromatic rings. The maximum Gasteiger partial charge on any atom is 0.330 e. The number of carboxylic acid groups (broad SMARTS) is 1. The van der Waals surface area contributed by atoms with Gasteiger partial charge in [0.1, 0.15) is 35.0 Å². The molecule has 1 aliphatic carbocycles. The zero-order chi connectivity index (χ0) is 31.4. The van der Waals surface area contributed by atoms with Crippen molar-refractivity contribution in [2.24, 2.45) is 15.9 Å². The highest BCUT2D eigenvalue weighted by Crippen LogP contribution is 2.45. The van der Waals surface area contributed by atoms with Gasteiger partial charge in [-0.15, -0.1) is 0 Å². The minimum absolute atomic E-state index is 0.0628. The fourth-order valence-corrected chi connectivity index (χ4v) is 5.62. The van der Waals surface area contributed by atoms with Crippen molar-refractivity contribution in [1.82, 2.24) is 20.5 Å². The Labute approximate surface area is 256 Å². The highest BCUT2D eigenvalue weighted by molar-refractivity contribution is 6.39. The number of aliphatic carboxylic acids is 1. The molecule has 3 amide bonds. The third-order valence-corrected chi connectivity index (χ3v) is 8.50. The van der Waals surface area contributed by atoms with Gasteiger partial charge in [-0.25, -0.2) is 14.6 Å². The fraction of sp³-hybridized carbons (Fsp3) is 0.500. The zero-order valence-electron chi connectivity index (χ0n) is 25.6. The lowest BCUT2D eigenvalue weighted by Gasteiger charge is -2.25. The monoisotopic (exact) mass is 604 g/mol. The Morgan fingerprint density at radius 2 is 2.05 bits per heavy atom. The van der Waals surface area contributed by atoms with Gasteiger partial charge in [-0.05, 0) is 51.2 Å². The Balaban J connectivity index is 1.40. The van der Waals surface area contributed by atoms with Gasteiger partial charge < -0.3 is 30.1 Å². The molecule has 3 heterocycles. The Kier molecular flexibility index (Phi) is 9.17. The number of carbonyl (C=O) groups excluding carboxylic acids is 2. The number of ether oxygens (including phenoxy) is 2. The average molecular weight is 605 g/mol. The number of aromatic nitrogens is 1. The van der Waals surface area contributed by atoms with Gasteiger partial charge in [0.2, 0.25) is 5.91 Å². The van der Waals surface area contributed by atoms with E-state index in [1.165, 1.54) is 4.90 Å². The van der Waals surface area contributed by atoms with Crippen LogP contribution in [0.4, 0.5) is 4.79 Å². The first kappa shape index (κ1) is 31.0. The maximum absolute atomic E-state index is 13.5. The molecule has 5 rings (SSSR count). The van der Waals surface area contributed by atoms with Crippen LogP contribution in [0.2, 0.25) is 0 Å². The molecule has 3 aliphatic rings. The molecule has 12 nitrogen and oxygen atoms in total. The SMILES string of the molecule is CCC1N=CC(c2cc(OCC[C@@H]3NC(=O)N(C)CCCC/C=C\[C@@H]4C[C@@]4(C(=O)O)NC3=O)c3ccc(OC)c(C)c3n2)=N1. The molecule has 12 heteroatoms. The van der Waals surface area contributed by atoms with Crippen LogP contribution in [0, 0.1) is 12.8 Å². The van der Waals surface area contributed by atoms with Gasteiger partial charge in [0, 0.05) is 42.9 Å². The molecule has 0 bridgehead atoms. The van der Waals surface area contributed by atoms with Gasteiger partial charge in [0.15, 0.2) is 0 Å². The minimum Gasteiger partial charge on any atom is -0.496 e. The second-order valence-electron chi connectivity index (χ2n) is 11.5. The first-order valence-electron chi connectivity index (χ1n) is 15.1. The molecule has 2 aliphatic heterocycles. The normalized spacial score (nSPS) is 26.2. The molecule has 1 fully saturated rings. The molecule has 1 unspecified atom stereocenters. The standard InChI is InChI=1S/C32H40N6O6/c1-5-27-33-18-24(34-27)23-16-26(21-11-12-25(43-4)19(2)28(21)35-23)44-15-13-22-29(39)37-32(30(40)41)17-20(32)10-8-6-7-9-14-38(3)31(42)36-22/h8,10-12,16,18,20,22,27H,5-7,9,13-15,17H2,1-4H3,(H,36,42)(H,37,39)(H,40,41)/b10-8-/t20-,22+,27?,32-/m1/s1. The van der Waals surface area contributed by atoms with Crippen LogP contribution in [-0.2, 0) is 9.59 Å². The number of benzene rings is 1. The summed E-state index contributed by atoms with van der Waals surface area (Å²) >= 11 is 0. The van der Waals surface area contributed by atoms with Crippen molar-refractivity contribution in [3.8, 4) is 11.5 Å². The summed E-state index contributed by atoms with van der Waals surface area (Å²) in [6.45, 7) is 4.54. The molecule has 1 aromatic heterocycles. The molecule has 234 valence electrons. The summed E-state index contributed by atoms with van der Waals surface area (Å²) < 4.78 is 11.8. The van der Waals surface area contributed by atoms with Gasteiger partial charge in [-0.2, -0.15) is 0 Å². The van der Waals surface area contributed by atoms with Crippen LogP contribution in [-0.4, -0.2) is 89.9 Å². The molecule has 0 spiro atoms. The van der Waals surface area contributed by atoms with E-state index in [1.54, 1.807) is 26.4 Å². The van der Waals surface area contributed by atoms with Crippen LogP contribution < -0.4 is 20.1 Å². The summed E-state index contributed by atoms with van der Waals surface area (Å²) in [6.07, 6.45) is 9.05. The first-order valence-corrected chi connectivity index (χ1v) is 15.1. The number of carbonyl (C=O) groups is 3.